The zero-order chi connectivity index (χ0) is 21.5. The third-order valence-corrected chi connectivity index (χ3v) is 6.60. The summed E-state index contributed by atoms with van der Waals surface area (Å²) in [6.45, 7) is 4.36. The first kappa shape index (κ1) is 20.1. The van der Waals surface area contributed by atoms with Crippen LogP contribution in [0, 0.1) is 5.92 Å². The van der Waals surface area contributed by atoms with E-state index < -0.39 is 0 Å². The summed E-state index contributed by atoms with van der Waals surface area (Å²) < 4.78 is 4.99. The second kappa shape index (κ2) is 8.00. The minimum atomic E-state index is -0.149. The highest BCUT2D eigenvalue weighted by Gasteiger charge is 2.33. The van der Waals surface area contributed by atoms with Gasteiger partial charge in [-0.25, -0.2) is 15.0 Å². The standard InChI is InChI=1S/C22H25ClN6O2/c1-13-8-17-16(11-29(13)18-9-19(23)27-20-15(18)5-6-24-20)21(26-12-25-17)28-7-3-4-14(10-28)22(30)31-2/h5-6,9,12-14H,3-4,7-8,10-11H2,1-2H3,(H,24,27)/t13-,14+/m1/s1. The average molecular weight is 441 g/mol. The zero-order valence-corrected chi connectivity index (χ0v) is 18.4. The van der Waals surface area contributed by atoms with E-state index in [9.17, 15) is 4.79 Å². The van der Waals surface area contributed by atoms with Crippen LogP contribution in [0.5, 0.6) is 0 Å². The number of ether oxygens (including phenoxy) is 1. The number of H-pyrrole nitrogens is 1. The van der Waals surface area contributed by atoms with Crippen LogP contribution in [0.25, 0.3) is 11.0 Å². The Morgan fingerprint density at radius 2 is 2.23 bits per heavy atom. The molecule has 2 aliphatic rings. The second-order valence-corrected chi connectivity index (χ2v) is 8.70. The molecule has 2 atom stereocenters. The van der Waals surface area contributed by atoms with Crippen molar-refractivity contribution in [2.24, 2.45) is 5.92 Å². The fraction of sp³-hybridized carbons (Fsp3) is 0.455. The van der Waals surface area contributed by atoms with E-state index in [-0.39, 0.29) is 17.9 Å². The normalized spacial score (nSPS) is 21.3. The SMILES string of the molecule is COC(=O)[C@H]1CCCN(c2ncnc3c2CN(c2cc(Cl)nc4[nH]ccc24)[C@H](C)C3)C1. The number of nitrogens with zero attached hydrogens (tertiary/aromatic N) is 5. The van der Waals surface area contributed by atoms with Crippen molar-refractivity contribution in [1.82, 2.24) is 19.9 Å². The smallest absolute Gasteiger partial charge is 0.310 e. The summed E-state index contributed by atoms with van der Waals surface area (Å²) in [5.74, 6) is 0.645. The Labute approximate surface area is 185 Å². The molecule has 3 aromatic heterocycles. The van der Waals surface area contributed by atoms with Gasteiger partial charge in [0, 0.05) is 49.2 Å². The summed E-state index contributed by atoms with van der Waals surface area (Å²) >= 11 is 6.33. The molecule has 0 aliphatic carbocycles. The summed E-state index contributed by atoms with van der Waals surface area (Å²) in [7, 11) is 1.45. The van der Waals surface area contributed by atoms with Gasteiger partial charge in [-0.05, 0) is 31.9 Å². The molecule has 0 aromatic carbocycles. The molecular formula is C22H25ClN6O2. The van der Waals surface area contributed by atoms with Crippen LogP contribution in [0.15, 0.2) is 24.7 Å². The highest BCUT2D eigenvalue weighted by atomic mass is 35.5. The molecule has 1 saturated heterocycles. The highest BCUT2D eigenvalue weighted by molar-refractivity contribution is 6.30. The predicted molar refractivity (Wildman–Crippen MR) is 119 cm³/mol. The van der Waals surface area contributed by atoms with Crippen LogP contribution in [0.4, 0.5) is 11.5 Å². The summed E-state index contributed by atoms with van der Waals surface area (Å²) in [6, 6.07) is 4.21. The molecule has 0 spiro atoms. The molecule has 5 heterocycles. The number of methoxy groups -OCH3 is 1. The Hall–Kier alpha value is -2.87. The first-order valence-electron chi connectivity index (χ1n) is 10.6. The van der Waals surface area contributed by atoms with Crippen LogP contribution < -0.4 is 9.80 Å². The summed E-state index contributed by atoms with van der Waals surface area (Å²) in [4.78, 5) is 33.5. The number of pyridine rings is 1. The minimum Gasteiger partial charge on any atom is -0.469 e. The largest absolute Gasteiger partial charge is 0.469 e. The lowest BCUT2D eigenvalue weighted by Crippen LogP contribution is -2.43. The molecule has 3 aromatic rings. The van der Waals surface area contributed by atoms with E-state index in [1.807, 2.05) is 18.3 Å². The van der Waals surface area contributed by atoms with E-state index in [1.165, 1.54) is 7.11 Å². The van der Waals surface area contributed by atoms with Gasteiger partial charge >= 0.3 is 5.97 Å². The quantitative estimate of drug-likeness (QED) is 0.493. The van der Waals surface area contributed by atoms with E-state index in [2.05, 4.69) is 36.7 Å². The molecule has 0 radical (unpaired) electrons. The first-order chi connectivity index (χ1) is 15.0. The molecule has 0 bridgehead atoms. The highest BCUT2D eigenvalue weighted by Crippen LogP contribution is 2.37. The average Bonchev–Trinajstić information content (AvgIpc) is 3.25. The molecule has 2 aliphatic heterocycles. The molecule has 31 heavy (non-hydrogen) atoms. The number of piperidine rings is 1. The van der Waals surface area contributed by atoms with E-state index in [0.29, 0.717) is 18.2 Å². The van der Waals surface area contributed by atoms with Gasteiger partial charge in [0.05, 0.1) is 24.4 Å². The maximum atomic E-state index is 12.1. The first-order valence-corrected chi connectivity index (χ1v) is 11.0. The van der Waals surface area contributed by atoms with Gasteiger partial charge in [0.15, 0.2) is 0 Å². The van der Waals surface area contributed by atoms with Gasteiger partial charge < -0.3 is 19.5 Å². The molecular weight excluding hydrogens is 416 g/mol. The predicted octanol–water partition coefficient (Wildman–Crippen LogP) is 3.35. The van der Waals surface area contributed by atoms with E-state index in [4.69, 9.17) is 16.3 Å². The van der Waals surface area contributed by atoms with Crippen molar-refractivity contribution in [3.05, 3.63) is 41.1 Å². The third kappa shape index (κ3) is 3.59. The van der Waals surface area contributed by atoms with E-state index in [1.54, 1.807) is 6.33 Å². The number of halogens is 1. The second-order valence-electron chi connectivity index (χ2n) is 8.32. The number of aromatic amines is 1. The molecule has 0 unspecified atom stereocenters. The van der Waals surface area contributed by atoms with E-state index >= 15 is 0 Å². The van der Waals surface area contributed by atoms with Gasteiger partial charge in [0.2, 0.25) is 0 Å². The number of hydrogen-bond donors (Lipinski definition) is 1. The number of carbonyl (C=O) groups excluding carboxylic acids is 1. The lowest BCUT2D eigenvalue weighted by atomic mass is 9.95. The molecule has 1 N–H and O–H groups in total. The topological polar surface area (TPSA) is 87.2 Å². The molecule has 0 amide bonds. The van der Waals surface area contributed by atoms with Crippen molar-refractivity contribution in [2.75, 3.05) is 30.0 Å². The van der Waals surface area contributed by atoms with Crippen LogP contribution >= 0.6 is 11.6 Å². The Balaban J connectivity index is 1.51. The number of rotatable bonds is 3. The van der Waals surface area contributed by atoms with Crippen LogP contribution in [0.2, 0.25) is 5.15 Å². The summed E-state index contributed by atoms with van der Waals surface area (Å²) in [5.41, 5.74) is 4.01. The van der Waals surface area contributed by atoms with Gasteiger partial charge in [-0.2, -0.15) is 0 Å². The van der Waals surface area contributed by atoms with Crippen molar-refractivity contribution in [3.8, 4) is 0 Å². The minimum absolute atomic E-state index is 0.124. The number of fused-ring (bicyclic) bond motifs is 2. The van der Waals surface area contributed by atoms with Crippen LogP contribution in [-0.4, -0.2) is 52.1 Å². The number of hydrogen-bond acceptors (Lipinski definition) is 7. The van der Waals surface area contributed by atoms with Crippen LogP contribution in [0.1, 0.15) is 31.0 Å². The number of nitrogens with one attached hydrogen (secondary N) is 1. The third-order valence-electron chi connectivity index (χ3n) is 6.40. The molecule has 5 rings (SSSR count). The number of carbonyl (C=O) groups is 1. The monoisotopic (exact) mass is 440 g/mol. The number of anilines is 2. The van der Waals surface area contributed by atoms with Gasteiger partial charge in [0.1, 0.15) is 22.9 Å². The van der Waals surface area contributed by atoms with Gasteiger partial charge in [-0.1, -0.05) is 11.6 Å². The molecule has 9 heteroatoms. The van der Waals surface area contributed by atoms with Crippen molar-refractivity contribution in [1.29, 1.82) is 0 Å². The zero-order valence-electron chi connectivity index (χ0n) is 17.6. The Morgan fingerprint density at radius 1 is 1.35 bits per heavy atom. The Morgan fingerprint density at radius 3 is 3.06 bits per heavy atom. The van der Waals surface area contributed by atoms with Crippen molar-refractivity contribution in [2.45, 2.75) is 38.8 Å². The fourth-order valence-electron chi connectivity index (χ4n) is 4.84. The van der Waals surface area contributed by atoms with Crippen molar-refractivity contribution in [3.63, 3.8) is 0 Å². The summed E-state index contributed by atoms with van der Waals surface area (Å²) in [5, 5.41) is 1.51. The molecule has 8 nitrogen and oxygen atoms in total. The number of esters is 1. The number of aromatic nitrogens is 4. The Kier molecular flexibility index (Phi) is 5.17. The Bertz CT molecular complexity index is 1130. The fourth-order valence-corrected chi connectivity index (χ4v) is 5.03. The maximum Gasteiger partial charge on any atom is 0.310 e. The molecule has 162 valence electrons. The van der Waals surface area contributed by atoms with Crippen LogP contribution in [0.3, 0.4) is 0 Å². The lowest BCUT2D eigenvalue weighted by molar-refractivity contribution is -0.145. The summed E-state index contributed by atoms with van der Waals surface area (Å²) in [6.07, 6.45) is 6.12. The van der Waals surface area contributed by atoms with Crippen molar-refractivity contribution < 1.29 is 9.53 Å². The molecule has 0 saturated carbocycles. The van der Waals surface area contributed by atoms with Crippen molar-refractivity contribution >= 4 is 40.1 Å². The van der Waals surface area contributed by atoms with Crippen LogP contribution in [-0.2, 0) is 22.5 Å². The van der Waals surface area contributed by atoms with Gasteiger partial charge in [0.25, 0.3) is 0 Å². The van der Waals surface area contributed by atoms with Gasteiger partial charge in [-0.15, -0.1) is 0 Å². The molecule has 1 fully saturated rings. The lowest BCUT2D eigenvalue weighted by Gasteiger charge is -2.39. The maximum absolute atomic E-state index is 12.1. The van der Waals surface area contributed by atoms with E-state index in [0.717, 1.165) is 59.6 Å². The van der Waals surface area contributed by atoms with Gasteiger partial charge in [-0.3, -0.25) is 4.79 Å².